The Labute approximate surface area is 95.4 Å². The van der Waals surface area contributed by atoms with Gasteiger partial charge in [-0.1, -0.05) is 11.6 Å². The summed E-state index contributed by atoms with van der Waals surface area (Å²) in [7, 11) is 1.63. The predicted octanol–water partition coefficient (Wildman–Crippen LogP) is 1.54. The Morgan fingerprint density at radius 3 is 2.75 bits per heavy atom. The Morgan fingerprint density at radius 2 is 2.12 bits per heavy atom. The second-order valence-electron chi connectivity index (χ2n) is 4.43. The topological polar surface area (TPSA) is 60.3 Å². The summed E-state index contributed by atoms with van der Waals surface area (Å²) >= 11 is 0. The summed E-state index contributed by atoms with van der Waals surface area (Å²) in [4.78, 5) is 0. The van der Waals surface area contributed by atoms with Crippen LogP contribution in [0, 0.1) is 0 Å². The summed E-state index contributed by atoms with van der Waals surface area (Å²) in [6.07, 6.45) is 6.24. The summed E-state index contributed by atoms with van der Waals surface area (Å²) in [5, 5.41) is 11.6. The first-order valence-corrected chi connectivity index (χ1v) is 5.82. The molecule has 0 aromatic carbocycles. The fourth-order valence-electron chi connectivity index (χ4n) is 2.51. The molecule has 1 heterocycles. The van der Waals surface area contributed by atoms with Gasteiger partial charge in [0.25, 0.3) is 0 Å². The van der Waals surface area contributed by atoms with Crippen molar-refractivity contribution >= 4 is 6.21 Å². The van der Waals surface area contributed by atoms with Crippen molar-refractivity contribution in [2.75, 3.05) is 13.7 Å². The molecule has 2 atom stereocenters. The lowest BCUT2D eigenvalue weighted by Gasteiger charge is -2.31. The van der Waals surface area contributed by atoms with Crippen molar-refractivity contribution in [3.8, 4) is 0 Å². The maximum absolute atomic E-state index is 8.59. The van der Waals surface area contributed by atoms with E-state index >= 15 is 0 Å². The lowest BCUT2D eigenvalue weighted by Crippen LogP contribution is -2.33. The molecule has 0 amide bonds. The molecule has 2 fully saturated rings. The molecule has 1 saturated carbocycles. The van der Waals surface area contributed by atoms with Crippen molar-refractivity contribution in [2.45, 2.75) is 50.1 Å². The highest BCUT2D eigenvalue weighted by Gasteiger charge is 2.47. The second kappa shape index (κ2) is 5.12. The maximum atomic E-state index is 8.59. The van der Waals surface area contributed by atoms with Crippen LogP contribution >= 0.6 is 0 Å². The van der Waals surface area contributed by atoms with Gasteiger partial charge in [-0.05, 0) is 12.8 Å². The van der Waals surface area contributed by atoms with Crippen molar-refractivity contribution < 1.29 is 19.4 Å². The minimum atomic E-state index is -0.465. The minimum Gasteiger partial charge on any atom is -0.411 e. The number of methoxy groups -OCH3 is 1. The predicted molar refractivity (Wildman–Crippen MR) is 57.7 cm³/mol. The van der Waals surface area contributed by atoms with Gasteiger partial charge >= 0.3 is 0 Å². The first-order valence-electron chi connectivity index (χ1n) is 5.82. The monoisotopic (exact) mass is 229 g/mol. The molecule has 1 aliphatic heterocycles. The number of rotatable bonds is 3. The Morgan fingerprint density at radius 1 is 1.38 bits per heavy atom. The zero-order valence-corrected chi connectivity index (χ0v) is 9.59. The van der Waals surface area contributed by atoms with Gasteiger partial charge in [0.05, 0.1) is 12.8 Å². The SMILES string of the molecule is COCC1OC2(CCCCC2)OC1/C=N/O. The molecule has 92 valence electrons. The summed E-state index contributed by atoms with van der Waals surface area (Å²) < 4.78 is 16.9. The standard InChI is InChI=1S/C11H19NO4/c1-14-8-10-9(7-12-13)15-11(16-10)5-3-2-4-6-11/h7,9-10,13H,2-6,8H2,1H3/b12-7+. The molecule has 5 heteroatoms. The molecular formula is C11H19NO4. The van der Waals surface area contributed by atoms with Crippen LogP contribution < -0.4 is 0 Å². The van der Waals surface area contributed by atoms with Crippen molar-refractivity contribution in [1.29, 1.82) is 0 Å². The van der Waals surface area contributed by atoms with E-state index in [1.165, 1.54) is 12.6 Å². The maximum Gasteiger partial charge on any atom is 0.169 e. The van der Waals surface area contributed by atoms with Gasteiger partial charge in [-0.15, -0.1) is 0 Å². The minimum absolute atomic E-state index is 0.168. The van der Waals surface area contributed by atoms with E-state index in [0.717, 1.165) is 25.7 Å². The average molecular weight is 229 g/mol. The number of hydrogen-bond donors (Lipinski definition) is 1. The molecule has 1 spiro atoms. The molecular weight excluding hydrogens is 210 g/mol. The van der Waals surface area contributed by atoms with Gasteiger partial charge in [0.15, 0.2) is 5.79 Å². The molecule has 0 radical (unpaired) electrons. The fourth-order valence-corrected chi connectivity index (χ4v) is 2.51. The highest BCUT2D eigenvalue weighted by atomic mass is 16.8. The molecule has 16 heavy (non-hydrogen) atoms. The van der Waals surface area contributed by atoms with E-state index in [4.69, 9.17) is 19.4 Å². The highest BCUT2D eigenvalue weighted by Crippen LogP contribution is 2.40. The normalized spacial score (nSPS) is 33.8. The quantitative estimate of drug-likeness (QED) is 0.453. The summed E-state index contributed by atoms with van der Waals surface area (Å²) in [6.45, 7) is 0.457. The summed E-state index contributed by atoms with van der Waals surface area (Å²) in [5.74, 6) is -0.465. The smallest absolute Gasteiger partial charge is 0.169 e. The van der Waals surface area contributed by atoms with E-state index in [1.807, 2.05) is 0 Å². The van der Waals surface area contributed by atoms with Crippen LogP contribution in [0.5, 0.6) is 0 Å². The van der Waals surface area contributed by atoms with Crippen molar-refractivity contribution in [2.24, 2.45) is 5.16 Å². The Kier molecular flexibility index (Phi) is 3.78. The molecule has 0 aromatic heterocycles. The molecule has 1 N–H and O–H groups in total. The van der Waals surface area contributed by atoms with E-state index in [9.17, 15) is 0 Å². The Balaban J connectivity index is 2.03. The van der Waals surface area contributed by atoms with Crippen molar-refractivity contribution in [1.82, 2.24) is 0 Å². The van der Waals surface area contributed by atoms with Crippen LogP contribution in [-0.4, -0.2) is 43.1 Å². The van der Waals surface area contributed by atoms with Crippen molar-refractivity contribution in [3.05, 3.63) is 0 Å². The second-order valence-corrected chi connectivity index (χ2v) is 4.43. The molecule has 5 nitrogen and oxygen atoms in total. The van der Waals surface area contributed by atoms with E-state index in [2.05, 4.69) is 5.16 Å². The molecule has 2 unspecified atom stereocenters. The molecule has 2 aliphatic rings. The van der Waals surface area contributed by atoms with E-state index in [-0.39, 0.29) is 12.2 Å². The third-order valence-electron chi connectivity index (χ3n) is 3.24. The zero-order valence-electron chi connectivity index (χ0n) is 9.59. The van der Waals surface area contributed by atoms with Crippen molar-refractivity contribution in [3.63, 3.8) is 0 Å². The van der Waals surface area contributed by atoms with Gasteiger partial charge in [-0.3, -0.25) is 0 Å². The summed E-state index contributed by atoms with van der Waals surface area (Å²) in [5.41, 5.74) is 0. The summed E-state index contributed by atoms with van der Waals surface area (Å²) in [6, 6.07) is 0. The largest absolute Gasteiger partial charge is 0.411 e. The number of oxime groups is 1. The van der Waals surface area contributed by atoms with Crippen LogP contribution in [0.2, 0.25) is 0 Å². The van der Waals surface area contributed by atoms with Crippen LogP contribution in [0.1, 0.15) is 32.1 Å². The van der Waals surface area contributed by atoms with E-state index in [0.29, 0.717) is 6.61 Å². The van der Waals surface area contributed by atoms with E-state index < -0.39 is 5.79 Å². The third-order valence-corrected chi connectivity index (χ3v) is 3.24. The fraction of sp³-hybridized carbons (Fsp3) is 0.909. The van der Waals surface area contributed by atoms with Crippen LogP contribution in [0.4, 0.5) is 0 Å². The van der Waals surface area contributed by atoms with Crippen LogP contribution in [0.3, 0.4) is 0 Å². The average Bonchev–Trinajstić information content (AvgIpc) is 2.59. The van der Waals surface area contributed by atoms with E-state index in [1.54, 1.807) is 7.11 Å². The lowest BCUT2D eigenvalue weighted by molar-refractivity contribution is -0.193. The highest BCUT2D eigenvalue weighted by molar-refractivity contribution is 5.63. The number of hydrogen-bond acceptors (Lipinski definition) is 5. The zero-order chi connectivity index (χ0) is 11.4. The molecule has 0 aromatic rings. The molecule has 1 saturated heterocycles. The van der Waals surface area contributed by atoms with Crippen LogP contribution in [0.25, 0.3) is 0 Å². The van der Waals surface area contributed by atoms with Gasteiger partial charge in [-0.25, -0.2) is 0 Å². The molecule has 1 aliphatic carbocycles. The Hall–Kier alpha value is -0.650. The number of nitrogens with zero attached hydrogens (tertiary/aromatic N) is 1. The molecule has 2 rings (SSSR count). The number of ether oxygens (including phenoxy) is 3. The third kappa shape index (κ3) is 2.36. The van der Waals surface area contributed by atoms with Gasteiger partial charge in [-0.2, -0.15) is 0 Å². The van der Waals surface area contributed by atoms with Gasteiger partial charge in [0, 0.05) is 20.0 Å². The first-order chi connectivity index (χ1) is 7.79. The first kappa shape index (κ1) is 11.8. The lowest BCUT2D eigenvalue weighted by atomic mass is 9.94. The van der Waals surface area contributed by atoms with Gasteiger partial charge < -0.3 is 19.4 Å². The van der Waals surface area contributed by atoms with Gasteiger partial charge in [0.1, 0.15) is 12.2 Å². The van der Waals surface area contributed by atoms with Crippen LogP contribution in [-0.2, 0) is 14.2 Å². The Bertz CT molecular complexity index is 250. The molecule has 0 bridgehead atoms. The van der Waals surface area contributed by atoms with Crippen LogP contribution in [0.15, 0.2) is 5.16 Å². The van der Waals surface area contributed by atoms with Gasteiger partial charge in [0.2, 0.25) is 0 Å².